The van der Waals surface area contributed by atoms with Crippen molar-refractivity contribution in [1.82, 2.24) is 15.3 Å². The first kappa shape index (κ1) is 19.2. The number of benzene rings is 2. The third-order valence-corrected chi connectivity index (χ3v) is 5.46. The van der Waals surface area contributed by atoms with Crippen molar-refractivity contribution in [2.24, 2.45) is 0 Å². The number of aromatic nitrogens is 2. The molecule has 6 heteroatoms. The van der Waals surface area contributed by atoms with Crippen LogP contribution in [0.2, 0.25) is 0 Å². The van der Waals surface area contributed by atoms with Gasteiger partial charge >= 0.3 is 0 Å². The van der Waals surface area contributed by atoms with Crippen LogP contribution >= 0.6 is 0 Å². The van der Waals surface area contributed by atoms with Gasteiger partial charge in [-0.1, -0.05) is 42.0 Å². The van der Waals surface area contributed by atoms with Crippen molar-refractivity contribution in [3.63, 3.8) is 0 Å². The lowest BCUT2D eigenvalue weighted by molar-refractivity contribution is 0.413. The van der Waals surface area contributed by atoms with Crippen molar-refractivity contribution in [2.75, 3.05) is 25.5 Å². The average molecular weight is 390 g/mol. The summed E-state index contributed by atoms with van der Waals surface area (Å²) in [5.74, 6) is 1.71. The second-order valence-corrected chi connectivity index (χ2v) is 7.51. The van der Waals surface area contributed by atoms with Gasteiger partial charge in [-0.25, -0.2) is 4.98 Å². The average Bonchev–Trinajstić information content (AvgIpc) is 3.23. The van der Waals surface area contributed by atoms with Crippen LogP contribution in [0.4, 0.5) is 5.95 Å². The molecule has 3 N–H and O–H groups in total. The molecule has 2 heterocycles. The number of H-pyrrole nitrogens is 1. The molecule has 150 valence electrons. The van der Waals surface area contributed by atoms with Crippen LogP contribution in [0.25, 0.3) is 0 Å². The topological polar surface area (TPSA) is 79.0 Å². The molecular formula is C23H26N4O2. The monoisotopic (exact) mass is 390 g/mol. The van der Waals surface area contributed by atoms with Gasteiger partial charge in [0, 0.05) is 37.5 Å². The Hall–Kier alpha value is -3.12. The molecule has 1 aliphatic heterocycles. The highest BCUT2D eigenvalue weighted by atomic mass is 16.5. The first-order valence-corrected chi connectivity index (χ1v) is 9.88. The van der Waals surface area contributed by atoms with E-state index in [1.54, 1.807) is 13.2 Å². The molecule has 0 bridgehead atoms. The second kappa shape index (κ2) is 8.49. The molecule has 2 atom stereocenters. The Kier molecular flexibility index (Phi) is 5.62. The van der Waals surface area contributed by atoms with Crippen LogP contribution in [0.1, 0.15) is 34.2 Å². The summed E-state index contributed by atoms with van der Waals surface area (Å²) >= 11 is 0. The molecule has 1 aromatic heterocycles. The van der Waals surface area contributed by atoms with E-state index in [0.29, 0.717) is 12.5 Å². The van der Waals surface area contributed by atoms with E-state index in [0.717, 1.165) is 30.1 Å². The third kappa shape index (κ3) is 4.49. The predicted octanol–water partition coefficient (Wildman–Crippen LogP) is 3.17. The SMILES string of the molecule is COc1cccc([C@@H]2CNC[C@H]2c2cc(=O)[nH]c(NCc3ccc(C)cc3)n2)c1. The summed E-state index contributed by atoms with van der Waals surface area (Å²) in [6, 6.07) is 18.0. The number of anilines is 1. The number of aryl methyl sites for hydroxylation is 1. The summed E-state index contributed by atoms with van der Waals surface area (Å²) in [4.78, 5) is 19.8. The van der Waals surface area contributed by atoms with Gasteiger partial charge in [0.05, 0.1) is 12.8 Å². The Morgan fingerprint density at radius 1 is 1.10 bits per heavy atom. The lowest BCUT2D eigenvalue weighted by Gasteiger charge is -2.19. The van der Waals surface area contributed by atoms with Crippen molar-refractivity contribution < 1.29 is 4.74 Å². The zero-order chi connectivity index (χ0) is 20.2. The fourth-order valence-electron chi connectivity index (χ4n) is 3.85. The molecule has 1 saturated heterocycles. The molecule has 2 aromatic carbocycles. The van der Waals surface area contributed by atoms with Gasteiger partial charge in [0.15, 0.2) is 0 Å². The normalized spacial score (nSPS) is 18.6. The van der Waals surface area contributed by atoms with E-state index >= 15 is 0 Å². The molecule has 1 fully saturated rings. The number of aromatic amines is 1. The Labute approximate surface area is 170 Å². The number of methoxy groups -OCH3 is 1. The zero-order valence-electron chi connectivity index (χ0n) is 16.7. The van der Waals surface area contributed by atoms with Gasteiger partial charge in [0.2, 0.25) is 5.95 Å². The first-order valence-electron chi connectivity index (χ1n) is 9.88. The summed E-state index contributed by atoms with van der Waals surface area (Å²) < 4.78 is 5.37. The van der Waals surface area contributed by atoms with E-state index in [1.165, 1.54) is 11.1 Å². The first-order chi connectivity index (χ1) is 14.1. The number of hydrogen-bond donors (Lipinski definition) is 3. The standard InChI is InChI=1S/C23H26N4O2/c1-15-6-8-16(9-7-15)12-25-23-26-21(11-22(28)27-23)20-14-24-13-19(20)17-4-3-5-18(10-17)29-2/h3-11,19-20,24H,12-14H2,1-2H3,(H2,25,26,27,28)/t19-,20+/m0/s1. The quantitative estimate of drug-likeness (QED) is 0.603. The molecule has 6 nitrogen and oxygen atoms in total. The Balaban J connectivity index is 1.55. The highest BCUT2D eigenvalue weighted by Crippen LogP contribution is 2.36. The molecule has 4 rings (SSSR count). The van der Waals surface area contributed by atoms with Crippen molar-refractivity contribution >= 4 is 5.95 Å². The fourth-order valence-corrected chi connectivity index (χ4v) is 3.85. The van der Waals surface area contributed by atoms with Gasteiger partial charge < -0.3 is 15.4 Å². The molecule has 0 amide bonds. The highest BCUT2D eigenvalue weighted by molar-refractivity contribution is 5.36. The fraction of sp³-hybridized carbons (Fsp3) is 0.304. The van der Waals surface area contributed by atoms with Crippen molar-refractivity contribution in [3.8, 4) is 5.75 Å². The largest absolute Gasteiger partial charge is 0.497 e. The highest BCUT2D eigenvalue weighted by Gasteiger charge is 2.31. The van der Waals surface area contributed by atoms with Gasteiger partial charge in [-0.3, -0.25) is 9.78 Å². The van der Waals surface area contributed by atoms with Crippen LogP contribution in [0, 0.1) is 6.92 Å². The smallest absolute Gasteiger partial charge is 0.252 e. The number of nitrogens with zero attached hydrogens (tertiary/aromatic N) is 1. The van der Waals surface area contributed by atoms with E-state index in [-0.39, 0.29) is 17.4 Å². The van der Waals surface area contributed by atoms with Crippen molar-refractivity contribution in [2.45, 2.75) is 25.3 Å². The van der Waals surface area contributed by atoms with Gasteiger partial charge in [-0.2, -0.15) is 0 Å². The second-order valence-electron chi connectivity index (χ2n) is 7.51. The van der Waals surface area contributed by atoms with E-state index in [4.69, 9.17) is 9.72 Å². The van der Waals surface area contributed by atoms with E-state index in [2.05, 4.69) is 58.9 Å². The zero-order valence-corrected chi connectivity index (χ0v) is 16.7. The predicted molar refractivity (Wildman–Crippen MR) is 115 cm³/mol. The molecule has 3 aromatic rings. The van der Waals surface area contributed by atoms with Crippen LogP contribution in [-0.4, -0.2) is 30.2 Å². The molecule has 0 aliphatic carbocycles. The Morgan fingerprint density at radius 2 is 1.90 bits per heavy atom. The summed E-state index contributed by atoms with van der Waals surface area (Å²) in [6.07, 6.45) is 0. The third-order valence-electron chi connectivity index (χ3n) is 5.46. The van der Waals surface area contributed by atoms with Gasteiger partial charge in [-0.15, -0.1) is 0 Å². The summed E-state index contributed by atoms with van der Waals surface area (Å²) in [5.41, 5.74) is 4.21. The van der Waals surface area contributed by atoms with E-state index in [9.17, 15) is 4.79 Å². The summed E-state index contributed by atoms with van der Waals surface area (Å²) in [5, 5.41) is 6.70. The van der Waals surface area contributed by atoms with Crippen LogP contribution in [0.15, 0.2) is 59.4 Å². The molecule has 0 unspecified atom stereocenters. The lowest BCUT2D eigenvalue weighted by Crippen LogP contribution is -2.18. The maximum atomic E-state index is 12.3. The van der Waals surface area contributed by atoms with E-state index < -0.39 is 0 Å². The number of nitrogens with one attached hydrogen (secondary N) is 3. The maximum absolute atomic E-state index is 12.3. The van der Waals surface area contributed by atoms with Crippen LogP contribution in [0.5, 0.6) is 5.75 Å². The van der Waals surface area contributed by atoms with Crippen molar-refractivity contribution in [1.29, 1.82) is 0 Å². The molecule has 29 heavy (non-hydrogen) atoms. The van der Waals surface area contributed by atoms with Gasteiger partial charge in [0.25, 0.3) is 5.56 Å². The molecular weight excluding hydrogens is 364 g/mol. The minimum atomic E-state index is -0.141. The Morgan fingerprint density at radius 3 is 2.69 bits per heavy atom. The summed E-state index contributed by atoms with van der Waals surface area (Å²) in [6.45, 7) is 4.30. The minimum absolute atomic E-state index is 0.129. The van der Waals surface area contributed by atoms with Gasteiger partial charge in [-0.05, 0) is 30.2 Å². The van der Waals surface area contributed by atoms with Crippen LogP contribution < -0.4 is 20.9 Å². The molecule has 0 radical (unpaired) electrons. The number of hydrogen-bond acceptors (Lipinski definition) is 5. The van der Waals surface area contributed by atoms with Crippen molar-refractivity contribution in [3.05, 3.63) is 87.3 Å². The molecule has 1 aliphatic rings. The Bertz CT molecular complexity index is 1030. The number of ether oxygens (including phenoxy) is 1. The maximum Gasteiger partial charge on any atom is 0.252 e. The minimum Gasteiger partial charge on any atom is -0.497 e. The molecule has 0 saturated carbocycles. The van der Waals surface area contributed by atoms with Crippen LogP contribution in [-0.2, 0) is 6.54 Å². The van der Waals surface area contributed by atoms with E-state index in [1.807, 2.05) is 12.1 Å². The van der Waals surface area contributed by atoms with Crippen LogP contribution in [0.3, 0.4) is 0 Å². The lowest BCUT2D eigenvalue weighted by atomic mass is 9.86. The summed E-state index contributed by atoms with van der Waals surface area (Å²) in [7, 11) is 1.67. The number of rotatable bonds is 6. The van der Waals surface area contributed by atoms with Gasteiger partial charge in [0.1, 0.15) is 5.75 Å². The molecule has 0 spiro atoms.